The Hall–Kier alpha value is -2.65. The van der Waals surface area contributed by atoms with Gasteiger partial charge < -0.3 is 24.1 Å². The summed E-state index contributed by atoms with van der Waals surface area (Å²) in [5.74, 6) is -4.17. The first-order valence-corrected chi connectivity index (χ1v) is 6.60. The van der Waals surface area contributed by atoms with Gasteiger partial charge in [-0.1, -0.05) is 0 Å². The van der Waals surface area contributed by atoms with Gasteiger partial charge in [-0.25, -0.2) is 0 Å². The smallest absolute Gasteiger partial charge is 0.309 e. The molecule has 0 radical (unpaired) electrons. The molecule has 0 heterocycles. The molecule has 0 rings (SSSR count). The van der Waals surface area contributed by atoms with E-state index < -0.39 is 42.9 Å². The SMILES string of the molecule is CC(=O)OC(C)OC(=O)CCC(=O)OCOC(=O)CCC(=O)O. The molecule has 0 amide bonds. The lowest BCUT2D eigenvalue weighted by atomic mass is 10.3. The fraction of sp³-hybridized carbons (Fsp3) is 0.615. The second kappa shape index (κ2) is 11.0. The van der Waals surface area contributed by atoms with E-state index in [4.69, 9.17) is 5.11 Å². The van der Waals surface area contributed by atoms with Crippen LogP contribution in [0.25, 0.3) is 0 Å². The molecule has 0 bridgehead atoms. The average molecular weight is 334 g/mol. The van der Waals surface area contributed by atoms with Gasteiger partial charge in [-0.3, -0.25) is 24.0 Å². The third kappa shape index (κ3) is 12.8. The summed E-state index contributed by atoms with van der Waals surface area (Å²) in [7, 11) is 0. The van der Waals surface area contributed by atoms with E-state index >= 15 is 0 Å². The van der Waals surface area contributed by atoms with Gasteiger partial charge in [0.05, 0.1) is 25.7 Å². The Balaban J connectivity index is 3.78. The summed E-state index contributed by atoms with van der Waals surface area (Å²) in [6.07, 6.45) is -2.42. The third-order valence-electron chi connectivity index (χ3n) is 2.15. The van der Waals surface area contributed by atoms with Crippen LogP contribution >= 0.6 is 0 Å². The molecular formula is C13H18O10. The molecule has 0 saturated heterocycles. The Morgan fingerprint density at radius 2 is 1.30 bits per heavy atom. The quantitative estimate of drug-likeness (QED) is 0.432. The van der Waals surface area contributed by atoms with Crippen LogP contribution in [-0.4, -0.2) is 48.0 Å². The summed E-state index contributed by atoms with van der Waals surface area (Å²) in [6.45, 7) is 1.82. The second-order valence-electron chi connectivity index (χ2n) is 4.21. The molecule has 0 aliphatic carbocycles. The van der Waals surface area contributed by atoms with E-state index in [-0.39, 0.29) is 25.7 Å². The van der Waals surface area contributed by atoms with Gasteiger partial charge in [-0.2, -0.15) is 0 Å². The summed E-state index contributed by atoms with van der Waals surface area (Å²) in [6, 6.07) is 0. The lowest BCUT2D eigenvalue weighted by Gasteiger charge is -2.12. The van der Waals surface area contributed by atoms with E-state index in [2.05, 4.69) is 18.9 Å². The Kier molecular flexibility index (Phi) is 9.72. The van der Waals surface area contributed by atoms with Crippen molar-refractivity contribution in [2.75, 3.05) is 6.79 Å². The van der Waals surface area contributed by atoms with Crippen molar-refractivity contribution in [1.82, 2.24) is 0 Å². The molecule has 0 saturated carbocycles. The summed E-state index contributed by atoms with van der Waals surface area (Å²) in [4.78, 5) is 54.4. The molecule has 1 atom stereocenters. The van der Waals surface area contributed by atoms with Gasteiger partial charge in [0.1, 0.15) is 0 Å². The number of carboxylic acids is 1. The summed E-state index contributed by atoms with van der Waals surface area (Å²) in [5, 5.41) is 8.34. The maximum atomic E-state index is 11.3. The Morgan fingerprint density at radius 3 is 1.78 bits per heavy atom. The van der Waals surface area contributed by atoms with Crippen LogP contribution in [0.3, 0.4) is 0 Å². The zero-order valence-corrected chi connectivity index (χ0v) is 12.7. The minimum absolute atomic E-state index is 0.308. The van der Waals surface area contributed by atoms with Crippen LogP contribution in [0.2, 0.25) is 0 Å². The van der Waals surface area contributed by atoms with Crippen molar-refractivity contribution in [3.05, 3.63) is 0 Å². The van der Waals surface area contributed by atoms with Gasteiger partial charge >= 0.3 is 29.8 Å². The summed E-state index contributed by atoms with van der Waals surface area (Å²) in [5.41, 5.74) is 0. The molecule has 10 nitrogen and oxygen atoms in total. The van der Waals surface area contributed by atoms with E-state index in [0.717, 1.165) is 6.92 Å². The van der Waals surface area contributed by atoms with Crippen molar-refractivity contribution >= 4 is 29.8 Å². The van der Waals surface area contributed by atoms with Crippen LogP contribution in [0.1, 0.15) is 39.5 Å². The number of esters is 4. The number of rotatable bonds is 10. The number of ether oxygens (including phenoxy) is 4. The maximum Gasteiger partial charge on any atom is 0.309 e. The summed E-state index contributed by atoms with van der Waals surface area (Å²) >= 11 is 0. The zero-order chi connectivity index (χ0) is 17.8. The third-order valence-corrected chi connectivity index (χ3v) is 2.15. The molecule has 1 N–H and O–H groups in total. The first-order chi connectivity index (χ1) is 10.7. The molecule has 130 valence electrons. The predicted molar refractivity (Wildman–Crippen MR) is 70.5 cm³/mol. The molecule has 23 heavy (non-hydrogen) atoms. The number of carbonyl (C=O) groups is 5. The van der Waals surface area contributed by atoms with Crippen molar-refractivity contribution in [1.29, 1.82) is 0 Å². The topological polar surface area (TPSA) is 142 Å². The lowest BCUT2D eigenvalue weighted by molar-refractivity contribution is -0.184. The largest absolute Gasteiger partial charge is 0.481 e. The van der Waals surface area contributed by atoms with Crippen molar-refractivity contribution in [3.8, 4) is 0 Å². The molecule has 10 heteroatoms. The highest BCUT2D eigenvalue weighted by molar-refractivity contribution is 5.78. The van der Waals surface area contributed by atoms with Crippen molar-refractivity contribution in [2.24, 2.45) is 0 Å². The Bertz CT molecular complexity index is 456. The highest BCUT2D eigenvalue weighted by Crippen LogP contribution is 2.01. The fourth-order valence-corrected chi connectivity index (χ4v) is 1.22. The van der Waals surface area contributed by atoms with Gasteiger partial charge in [0.2, 0.25) is 13.1 Å². The molecule has 1 unspecified atom stereocenters. The first kappa shape index (κ1) is 20.3. The van der Waals surface area contributed by atoms with Gasteiger partial charge in [0.15, 0.2) is 0 Å². The van der Waals surface area contributed by atoms with Crippen LogP contribution in [0.15, 0.2) is 0 Å². The molecular weight excluding hydrogens is 316 g/mol. The molecule has 0 aliphatic heterocycles. The number of hydrogen-bond acceptors (Lipinski definition) is 9. The predicted octanol–water partition coefficient (Wildman–Crippen LogP) is 0.128. The lowest BCUT2D eigenvalue weighted by Crippen LogP contribution is -2.21. The maximum absolute atomic E-state index is 11.3. The zero-order valence-electron chi connectivity index (χ0n) is 12.7. The Labute approximate surface area is 131 Å². The minimum atomic E-state index is -1.15. The number of aliphatic carboxylic acids is 1. The molecule has 0 aromatic carbocycles. The highest BCUT2D eigenvalue weighted by Gasteiger charge is 2.14. The minimum Gasteiger partial charge on any atom is -0.481 e. The van der Waals surface area contributed by atoms with Crippen molar-refractivity contribution in [3.63, 3.8) is 0 Å². The van der Waals surface area contributed by atoms with E-state index in [1.165, 1.54) is 6.92 Å². The van der Waals surface area contributed by atoms with E-state index in [1.54, 1.807) is 0 Å². The first-order valence-electron chi connectivity index (χ1n) is 6.60. The van der Waals surface area contributed by atoms with Crippen LogP contribution in [-0.2, 0) is 42.9 Å². The van der Waals surface area contributed by atoms with Crippen LogP contribution < -0.4 is 0 Å². The molecule has 0 spiro atoms. The van der Waals surface area contributed by atoms with E-state index in [1.807, 2.05) is 0 Å². The molecule has 0 aromatic heterocycles. The van der Waals surface area contributed by atoms with Crippen LogP contribution in [0.5, 0.6) is 0 Å². The highest BCUT2D eigenvalue weighted by atomic mass is 16.7. The fourth-order valence-electron chi connectivity index (χ4n) is 1.22. The van der Waals surface area contributed by atoms with Gasteiger partial charge in [-0.05, 0) is 0 Å². The standard InChI is InChI=1S/C13H18O10/c1-8(14)22-9(2)23-13(19)6-5-12(18)21-7-20-11(17)4-3-10(15)16/h9H,3-7H2,1-2H3,(H,15,16). The van der Waals surface area contributed by atoms with Crippen LogP contribution in [0, 0.1) is 0 Å². The number of carboxylic acid groups (broad SMARTS) is 1. The number of carbonyl (C=O) groups excluding carboxylic acids is 4. The molecule has 0 aromatic rings. The van der Waals surface area contributed by atoms with Gasteiger partial charge in [-0.15, -0.1) is 0 Å². The molecule has 0 fully saturated rings. The van der Waals surface area contributed by atoms with Crippen LogP contribution in [0.4, 0.5) is 0 Å². The normalized spacial score (nSPS) is 11.0. The second-order valence-corrected chi connectivity index (χ2v) is 4.21. The van der Waals surface area contributed by atoms with Crippen molar-refractivity contribution in [2.45, 2.75) is 45.8 Å². The van der Waals surface area contributed by atoms with E-state index in [0.29, 0.717) is 0 Å². The van der Waals surface area contributed by atoms with E-state index in [9.17, 15) is 24.0 Å². The number of hydrogen-bond donors (Lipinski definition) is 1. The Morgan fingerprint density at radius 1 is 0.826 bits per heavy atom. The van der Waals surface area contributed by atoms with Gasteiger partial charge in [0.25, 0.3) is 0 Å². The van der Waals surface area contributed by atoms with Gasteiger partial charge in [0, 0.05) is 13.8 Å². The monoisotopic (exact) mass is 334 g/mol. The van der Waals surface area contributed by atoms with Crippen molar-refractivity contribution < 1.29 is 48.0 Å². The molecule has 0 aliphatic rings. The average Bonchev–Trinajstić information content (AvgIpc) is 2.42. The summed E-state index contributed by atoms with van der Waals surface area (Å²) < 4.78 is 18.2.